The molecule has 2 aromatic rings. The van der Waals surface area contributed by atoms with Gasteiger partial charge in [0.1, 0.15) is 0 Å². The number of anilines is 1. The zero-order chi connectivity index (χ0) is 14.4. The lowest BCUT2D eigenvalue weighted by Gasteiger charge is -2.11. The van der Waals surface area contributed by atoms with Gasteiger partial charge in [0.25, 0.3) is 0 Å². The largest absolute Gasteiger partial charge is 0.343 e. The van der Waals surface area contributed by atoms with E-state index in [4.69, 9.17) is 0 Å². The first kappa shape index (κ1) is 14.0. The van der Waals surface area contributed by atoms with Crippen LogP contribution >= 0.6 is 0 Å². The van der Waals surface area contributed by atoms with Gasteiger partial charge in [0.15, 0.2) is 5.82 Å². The maximum Gasteiger partial charge on any atom is 0.319 e. The van der Waals surface area contributed by atoms with E-state index in [1.807, 2.05) is 31.3 Å². The second-order valence-corrected chi connectivity index (χ2v) is 4.29. The molecule has 0 aliphatic heterocycles. The Bertz CT molecular complexity index is 538. The zero-order valence-corrected chi connectivity index (χ0v) is 11.4. The lowest BCUT2D eigenvalue weighted by Crippen LogP contribution is -2.28. The predicted octanol–water partition coefficient (Wildman–Crippen LogP) is 1.67. The topological polar surface area (TPSA) is 92.1 Å². The number of amides is 2. The van der Waals surface area contributed by atoms with Crippen molar-refractivity contribution in [3.63, 3.8) is 0 Å². The highest BCUT2D eigenvalue weighted by Gasteiger charge is 2.05. The molecule has 1 aromatic heterocycles. The molecule has 1 atom stereocenters. The van der Waals surface area contributed by atoms with Gasteiger partial charge < -0.3 is 20.5 Å². The molecular formula is C13H17N5O2. The molecule has 0 saturated heterocycles. The summed E-state index contributed by atoms with van der Waals surface area (Å²) in [4.78, 5) is 15.5. The normalized spacial score (nSPS) is 11.9. The third-order valence-electron chi connectivity index (χ3n) is 2.92. The van der Waals surface area contributed by atoms with Gasteiger partial charge in [-0.1, -0.05) is 17.3 Å². The molecular weight excluding hydrogens is 258 g/mol. The molecule has 0 fully saturated rings. The van der Waals surface area contributed by atoms with Crippen molar-refractivity contribution in [2.45, 2.75) is 19.5 Å². The lowest BCUT2D eigenvalue weighted by molar-refractivity contribution is 0.251. The van der Waals surface area contributed by atoms with Crippen LogP contribution in [0.15, 0.2) is 35.2 Å². The van der Waals surface area contributed by atoms with Crippen LogP contribution < -0.4 is 16.0 Å². The Hall–Kier alpha value is -2.41. The minimum absolute atomic E-state index is 0.219. The van der Waals surface area contributed by atoms with E-state index in [9.17, 15) is 4.79 Å². The smallest absolute Gasteiger partial charge is 0.319 e. The first-order valence-electron chi connectivity index (χ1n) is 6.26. The van der Waals surface area contributed by atoms with Crippen LogP contribution in [0.4, 0.5) is 10.5 Å². The molecule has 0 bridgehead atoms. The molecule has 7 nitrogen and oxygen atoms in total. The number of nitrogens with one attached hydrogen (secondary N) is 3. The molecule has 0 aliphatic carbocycles. The van der Waals surface area contributed by atoms with Crippen molar-refractivity contribution in [1.29, 1.82) is 0 Å². The monoisotopic (exact) mass is 275 g/mol. The van der Waals surface area contributed by atoms with Gasteiger partial charge in [0.05, 0.1) is 6.54 Å². The number of aromatic nitrogens is 2. The molecule has 3 N–H and O–H groups in total. The number of hydrogen-bond donors (Lipinski definition) is 3. The Morgan fingerprint density at radius 2 is 2.10 bits per heavy atom. The molecule has 0 radical (unpaired) electrons. The summed E-state index contributed by atoms with van der Waals surface area (Å²) in [5.74, 6) is 0.429. The molecule has 2 amide bonds. The van der Waals surface area contributed by atoms with Crippen LogP contribution in [0.3, 0.4) is 0 Å². The standard InChI is InChI=1S/C13H17N5O2/c1-9(14-2)10-3-5-11(6-4-10)17-13(19)15-7-12-16-8-20-18-12/h3-6,8-9,14H,7H2,1-2H3,(H2,15,17,19). The molecule has 0 spiro atoms. The lowest BCUT2D eigenvalue weighted by atomic mass is 10.1. The van der Waals surface area contributed by atoms with E-state index in [0.29, 0.717) is 5.82 Å². The van der Waals surface area contributed by atoms with Crippen molar-refractivity contribution in [3.05, 3.63) is 42.0 Å². The average Bonchev–Trinajstić information content (AvgIpc) is 2.98. The number of benzene rings is 1. The van der Waals surface area contributed by atoms with E-state index in [-0.39, 0.29) is 18.6 Å². The second kappa shape index (κ2) is 6.67. The molecule has 0 saturated carbocycles. The highest BCUT2D eigenvalue weighted by atomic mass is 16.5. The zero-order valence-electron chi connectivity index (χ0n) is 11.4. The number of urea groups is 1. The first-order valence-corrected chi connectivity index (χ1v) is 6.26. The van der Waals surface area contributed by atoms with Crippen molar-refractivity contribution >= 4 is 11.7 Å². The van der Waals surface area contributed by atoms with Crippen molar-refractivity contribution in [1.82, 2.24) is 20.8 Å². The number of nitrogens with zero attached hydrogens (tertiary/aromatic N) is 2. The minimum Gasteiger partial charge on any atom is -0.343 e. The third kappa shape index (κ3) is 3.79. The molecule has 0 aliphatic rings. The summed E-state index contributed by atoms with van der Waals surface area (Å²) in [5, 5.41) is 12.1. The number of hydrogen-bond acceptors (Lipinski definition) is 5. The van der Waals surface area contributed by atoms with Gasteiger partial charge in [-0.05, 0) is 31.7 Å². The molecule has 1 unspecified atom stereocenters. The third-order valence-corrected chi connectivity index (χ3v) is 2.92. The Morgan fingerprint density at radius 3 is 2.70 bits per heavy atom. The van der Waals surface area contributed by atoms with E-state index in [0.717, 1.165) is 11.3 Å². The Kier molecular flexibility index (Phi) is 4.67. The van der Waals surface area contributed by atoms with Gasteiger partial charge in [-0.25, -0.2) is 4.79 Å². The number of carbonyl (C=O) groups is 1. The van der Waals surface area contributed by atoms with Crippen LogP contribution in [0.25, 0.3) is 0 Å². The van der Waals surface area contributed by atoms with E-state index < -0.39 is 0 Å². The maximum atomic E-state index is 11.7. The molecule has 1 heterocycles. The van der Waals surface area contributed by atoms with Gasteiger partial charge in [0.2, 0.25) is 6.39 Å². The molecule has 1 aromatic carbocycles. The van der Waals surface area contributed by atoms with Gasteiger partial charge >= 0.3 is 6.03 Å². The minimum atomic E-state index is -0.316. The van der Waals surface area contributed by atoms with Crippen LogP contribution in [-0.2, 0) is 6.54 Å². The Balaban J connectivity index is 1.84. The van der Waals surface area contributed by atoms with E-state index in [1.165, 1.54) is 6.39 Å². The van der Waals surface area contributed by atoms with Gasteiger partial charge in [0, 0.05) is 11.7 Å². The summed E-state index contributed by atoms with van der Waals surface area (Å²) >= 11 is 0. The summed E-state index contributed by atoms with van der Waals surface area (Å²) in [6.07, 6.45) is 1.22. The fourth-order valence-electron chi connectivity index (χ4n) is 1.63. The molecule has 2 rings (SSSR count). The quantitative estimate of drug-likeness (QED) is 0.772. The predicted molar refractivity (Wildman–Crippen MR) is 74.1 cm³/mol. The fraction of sp³-hybridized carbons (Fsp3) is 0.308. The summed E-state index contributed by atoms with van der Waals surface area (Å²) in [5.41, 5.74) is 1.88. The van der Waals surface area contributed by atoms with Gasteiger partial charge in [-0.2, -0.15) is 4.98 Å². The van der Waals surface area contributed by atoms with E-state index in [2.05, 4.69) is 37.5 Å². The number of carbonyl (C=O) groups excluding carboxylic acids is 1. The summed E-state index contributed by atoms with van der Waals surface area (Å²) < 4.78 is 4.57. The first-order chi connectivity index (χ1) is 9.69. The molecule has 20 heavy (non-hydrogen) atoms. The number of rotatable bonds is 5. The van der Waals surface area contributed by atoms with Crippen LogP contribution in [0.2, 0.25) is 0 Å². The second-order valence-electron chi connectivity index (χ2n) is 4.29. The molecule has 7 heteroatoms. The van der Waals surface area contributed by atoms with Gasteiger partial charge in [-0.3, -0.25) is 0 Å². The van der Waals surface area contributed by atoms with Crippen molar-refractivity contribution in [2.24, 2.45) is 0 Å². The highest BCUT2D eigenvalue weighted by molar-refractivity contribution is 5.89. The molecule has 106 valence electrons. The van der Waals surface area contributed by atoms with Crippen LogP contribution in [-0.4, -0.2) is 23.2 Å². The Labute approximate surface area is 116 Å². The van der Waals surface area contributed by atoms with Crippen LogP contribution in [0, 0.1) is 0 Å². The fourth-order valence-corrected chi connectivity index (χ4v) is 1.63. The SMILES string of the molecule is CNC(C)c1ccc(NC(=O)NCc2ncon2)cc1. The highest BCUT2D eigenvalue weighted by Crippen LogP contribution is 2.15. The van der Waals surface area contributed by atoms with E-state index in [1.54, 1.807) is 0 Å². The average molecular weight is 275 g/mol. The summed E-state index contributed by atoms with van der Waals surface area (Å²) in [7, 11) is 1.90. The van der Waals surface area contributed by atoms with Crippen LogP contribution in [0.5, 0.6) is 0 Å². The van der Waals surface area contributed by atoms with Crippen molar-refractivity contribution in [3.8, 4) is 0 Å². The maximum absolute atomic E-state index is 11.7. The van der Waals surface area contributed by atoms with E-state index >= 15 is 0 Å². The van der Waals surface area contributed by atoms with Crippen molar-refractivity contribution < 1.29 is 9.32 Å². The Morgan fingerprint density at radius 1 is 1.35 bits per heavy atom. The van der Waals surface area contributed by atoms with Crippen molar-refractivity contribution in [2.75, 3.05) is 12.4 Å². The van der Waals surface area contributed by atoms with Crippen LogP contribution in [0.1, 0.15) is 24.4 Å². The summed E-state index contributed by atoms with van der Waals surface area (Å²) in [6.45, 7) is 2.29. The van der Waals surface area contributed by atoms with Gasteiger partial charge in [-0.15, -0.1) is 0 Å². The summed E-state index contributed by atoms with van der Waals surface area (Å²) in [6, 6.07) is 7.61.